The molecule has 0 heterocycles. The van der Waals surface area contributed by atoms with Gasteiger partial charge in [0, 0.05) is 0 Å². The molecule has 0 fully saturated rings. The predicted molar refractivity (Wildman–Crippen MR) is 88.2 cm³/mol. The molecule has 0 bridgehead atoms. The Hall–Kier alpha value is -2.90. The number of nitrogens with two attached hydrogens (primary N) is 2. The molecule has 0 aliphatic heterocycles. The Balaban J connectivity index is 0.000000648. The van der Waals surface area contributed by atoms with Gasteiger partial charge in [-0.05, 0) is 11.1 Å². The molecule has 2 atom stereocenters. The van der Waals surface area contributed by atoms with Crippen LogP contribution in [0.2, 0.25) is 0 Å². The Morgan fingerprint density at radius 2 is 1.38 bits per heavy atom. The molecule has 1 unspecified atom stereocenters. The van der Waals surface area contributed by atoms with E-state index in [0.29, 0.717) is 0 Å². The van der Waals surface area contributed by atoms with Crippen LogP contribution in [0, 0.1) is 0 Å². The lowest BCUT2D eigenvalue weighted by Crippen LogP contribution is -2.42. The van der Waals surface area contributed by atoms with Gasteiger partial charge in [0.2, 0.25) is 0 Å². The van der Waals surface area contributed by atoms with Gasteiger partial charge in [0.1, 0.15) is 12.6 Å². The summed E-state index contributed by atoms with van der Waals surface area (Å²) in [7, 11) is 0. The van der Waals surface area contributed by atoms with E-state index in [-0.39, 0.29) is 6.61 Å². The van der Waals surface area contributed by atoms with Gasteiger partial charge in [-0.15, -0.1) is 0 Å². The van der Waals surface area contributed by atoms with E-state index in [1.54, 1.807) is 0 Å². The number of rotatable bonds is 5. The maximum Gasteiger partial charge on any atom is 0.503 e. The maximum absolute atomic E-state index is 11.9. The zero-order chi connectivity index (χ0) is 17.9. The van der Waals surface area contributed by atoms with Crippen molar-refractivity contribution in [2.75, 3.05) is 0 Å². The van der Waals surface area contributed by atoms with Crippen LogP contribution in [0.15, 0.2) is 60.7 Å². The van der Waals surface area contributed by atoms with Crippen LogP contribution in [0.5, 0.6) is 0 Å². The van der Waals surface area contributed by atoms with Crippen LogP contribution in [0.1, 0.15) is 17.2 Å². The Morgan fingerprint density at radius 3 is 1.88 bits per heavy atom. The SMILES string of the molecule is NC(C(=O)OCc1ccccc1)[C@@H](N)c1ccccc1.O=C(O)O. The van der Waals surface area contributed by atoms with Crippen molar-refractivity contribution in [3.63, 3.8) is 0 Å². The van der Waals surface area contributed by atoms with Gasteiger partial charge in [0.15, 0.2) is 0 Å². The van der Waals surface area contributed by atoms with Gasteiger partial charge in [-0.1, -0.05) is 60.7 Å². The normalized spacial score (nSPS) is 12.2. The van der Waals surface area contributed by atoms with Crippen LogP contribution in [0.25, 0.3) is 0 Å². The first-order valence-corrected chi connectivity index (χ1v) is 7.10. The largest absolute Gasteiger partial charge is 0.503 e. The summed E-state index contributed by atoms with van der Waals surface area (Å²) in [4.78, 5) is 20.5. The standard InChI is InChI=1S/C16H18N2O2.CH2O3/c17-14(13-9-5-2-6-10-13)15(18)16(19)20-11-12-7-3-1-4-8-12;2-1(3)4/h1-10,14-15H,11,17-18H2;(H2,2,3,4)/t14-,15?;/m0./s1. The highest BCUT2D eigenvalue weighted by Crippen LogP contribution is 2.14. The molecule has 0 saturated heterocycles. The summed E-state index contributed by atoms with van der Waals surface area (Å²) < 4.78 is 5.19. The molecule has 7 nitrogen and oxygen atoms in total. The van der Waals surface area contributed by atoms with Crippen LogP contribution in [0.4, 0.5) is 4.79 Å². The fourth-order valence-electron chi connectivity index (χ4n) is 1.85. The number of carbonyl (C=O) groups excluding carboxylic acids is 1. The Morgan fingerprint density at radius 1 is 0.917 bits per heavy atom. The minimum Gasteiger partial charge on any atom is -0.460 e. The molecular weight excluding hydrogens is 312 g/mol. The lowest BCUT2D eigenvalue weighted by atomic mass is 10.0. The molecule has 24 heavy (non-hydrogen) atoms. The summed E-state index contributed by atoms with van der Waals surface area (Å²) in [5.74, 6) is -0.495. The van der Waals surface area contributed by atoms with Gasteiger partial charge < -0.3 is 26.4 Å². The molecule has 6 N–H and O–H groups in total. The molecule has 0 radical (unpaired) electrons. The van der Waals surface area contributed by atoms with Crippen molar-refractivity contribution in [3.05, 3.63) is 71.8 Å². The second-order valence-electron chi connectivity index (χ2n) is 4.84. The lowest BCUT2D eigenvalue weighted by molar-refractivity contribution is -0.147. The molecule has 2 rings (SSSR count). The predicted octanol–water partition coefficient (Wildman–Crippen LogP) is 1.98. The van der Waals surface area contributed by atoms with E-state index < -0.39 is 24.2 Å². The molecule has 2 aromatic carbocycles. The van der Waals surface area contributed by atoms with Gasteiger partial charge in [-0.25, -0.2) is 4.79 Å². The third-order valence-corrected chi connectivity index (χ3v) is 3.07. The molecule has 0 aromatic heterocycles. The van der Waals surface area contributed by atoms with Gasteiger partial charge in [-0.3, -0.25) is 4.79 Å². The van der Waals surface area contributed by atoms with Crippen LogP contribution in [-0.4, -0.2) is 28.4 Å². The molecule has 0 aliphatic carbocycles. The first-order chi connectivity index (χ1) is 11.4. The molecule has 0 spiro atoms. The van der Waals surface area contributed by atoms with Crippen molar-refractivity contribution in [1.29, 1.82) is 0 Å². The average molecular weight is 332 g/mol. The Bertz CT molecular complexity index is 630. The van der Waals surface area contributed by atoms with Gasteiger partial charge >= 0.3 is 12.1 Å². The van der Waals surface area contributed by atoms with Crippen molar-refractivity contribution >= 4 is 12.1 Å². The van der Waals surface area contributed by atoms with Crippen molar-refractivity contribution in [2.45, 2.75) is 18.7 Å². The van der Waals surface area contributed by atoms with E-state index in [9.17, 15) is 4.79 Å². The summed E-state index contributed by atoms with van der Waals surface area (Å²) in [6.07, 6.45) is -1.83. The van der Waals surface area contributed by atoms with Crippen molar-refractivity contribution in [1.82, 2.24) is 0 Å². The van der Waals surface area contributed by atoms with E-state index in [1.165, 1.54) is 0 Å². The van der Waals surface area contributed by atoms with Gasteiger partial charge in [-0.2, -0.15) is 0 Å². The fraction of sp³-hybridized carbons (Fsp3) is 0.176. The number of hydrogen-bond acceptors (Lipinski definition) is 5. The van der Waals surface area contributed by atoms with Gasteiger partial charge in [0.25, 0.3) is 0 Å². The molecule has 0 saturated carbocycles. The lowest BCUT2D eigenvalue weighted by Gasteiger charge is -2.19. The molecule has 2 aromatic rings. The topological polar surface area (TPSA) is 136 Å². The first kappa shape index (κ1) is 19.1. The third kappa shape index (κ3) is 6.91. The smallest absolute Gasteiger partial charge is 0.460 e. The monoisotopic (exact) mass is 332 g/mol. The number of esters is 1. The van der Waals surface area contributed by atoms with E-state index in [4.69, 9.17) is 31.2 Å². The van der Waals surface area contributed by atoms with E-state index in [1.807, 2.05) is 60.7 Å². The van der Waals surface area contributed by atoms with E-state index in [0.717, 1.165) is 11.1 Å². The van der Waals surface area contributed by atoms with Crippen LogP contribution in [0.3, 0.4) is 0 Å². The molecule has 128 valence electrons. The average Bonchev–Trinajstić information content (AvgIpc) is 2.59. The van der Waals surface area contributed by atoms with Crippen molar-refractivity contribution in [3.8, 4) is 0 Å². The molecule has 0 amide bonds. The number of ether oxygens (including phenoxy) is 1. The van der Waals surface area contributed by atoms with Crippen LogP contribution >= 0.6 is 0 Å². The van der Waals surface area contributed by atoms with Crippen LogP contribution < -0.4 is 11.5 Å². The minimum atomic E-state index is -1.83. The Kier molecular flexibility index (Phi) is 7.97. The highest BCUT2D eigenvalue weighted by Gasteiger charge is 2.24. The third-order valence-electron chi connectivity index (χ3n) is 3.07. The fourth-order valence-corrected chi connectivity index (χ4v) is 1.85. The Labute approximate surface area is 139 Å². The zero-order valence-corrected chi connectivity index (χ0v) is 12.9. The second kappa shape index (κ2) is 9.98. The van der Waals surface area contributed by atoms with Crippen LogP contribution in [-0.2, 0) is 16.1 Å². The number of carbonyl (C=O) groups is 2. The number of hydrogen-bond donors (Lipinski definition) is 4. The highest BCUT2D eigenvalue weighted by atomic mass is 16.6. The first-order valence-electron chi connectivity index (χ1n) is 7.10. The number of carboxylic acid groups (broad SMARTS) is 2. The molecule has 0 aliphatic rings. The summed E-state index contributed by atoms with van der Waals surface area (Å²) in [5.41, 5.74) is 13.6. The summed E-state index contributed by atoms with van der Waals surface area (Å²) in [5, 5.41) is 13.9. The summed E-state index contributed by atoms with van der Waals surface area (Å²) in [6, 6.07) is 17.3. The zero-order valence-electron chi connectivity index (χ0n) is 12.9. The second-order valence-corrected chi connectivity index (χ2v) is 4.84. The van der Waals surface area contributed by atoms with Crippen molar-refractivity contribution in [2.24, 2.45) is 11.5 Å². The van der Waals surface area contributed by atoms with Crippen molar-refractivity contribution < 1.29 is 24.5 Å². The molecule has 7 heteroatoms. The highest BCUT2D eigenvalue weighted by molar-refractivity contribution is 5.76. The summed E-state index contributed by atoms with van der Waals surface area (Å²) in [6.45, 7) is 0.203. The van der Waals surface area contributed by atoms with Gasteiger partial charge in [0.05, 0.1) is 6.04 Å². The molecular formula is C17H20N2O5. The van der Waals surface area contributed by atoms with E-state index in [2.05, 4.69) is 0 Å². The minimum absolute atomic E-state index is 0.203. The summed E-state index contributed by atoms with van der Waals surface area (Å²) >= 11 is 0. The quantitative estimate of drug-likeness (QED) is 0.614. The van der Waals surface area contributed by atoms with E-state index >= 15 is 0 Å². The maximum atomic E-state index is 11.9. The number of benzene rings is 2.